The number of halogens is 1. The number of amides is 1. The fourth-order valence-corrected chi connectivity index (χ4v) is 2.19. The van der Waals surface area contributed by atoms with Crippen molar-refractivity contribution in [3.8, 4) is 5.75 Å². The predicted octanol–water partition coefficient (Wildman–Crippen LogP) is 3.46. The van der Waals surface area contributed by atoms with Crippen LogP contribution in [0.5, 0.6) is 5.75 Å². The van der Waals surface area contributed by atoms with E-state index < -0.39 is 0 Å². The number of phenolic OH excluding ortho intramolecular Hbond substituents is 1. The first kappa shape index (κ1) is 15.2. The molecular weight excluding hydrogens is 288 g/mol. The first-order valence-electron chi connectivity index (χ1n) is 6.52. The molecule has 1 atom stereocenters. The lowest BCUT2D eigenvalue weighted by Crippen LogP contribution is -2.29. The number of carbonyl (C=O) groups is 1. The number of hydrogen-bond donors (Lipinski definition) is 2. The van der Waals surface area contributed by atoms with Gasteiger partial charge in [-0.25, -0.2) is 0 Å². The summed E-state index contributed by atoms with van der Waals surface area (Å²) in [6, 6.07) is 11.9. The van der Waals surface area contributed by atoms with Gasteiger partial charge in [-0.15, -0.1) is 0 Å². The number of carbonyl (C=O) groups excluding carboxylic acids is 1. The smallest absolute Gasteiger partial charge is 0.257 e. The van der Waals surface area contributed by atoms with Crippen LogP contribution in [0, 0.1) is 0 Å². The van der Waals surface area contributed by atoms with Crippen molar-refractivity contribution in [1.29, 1.82) is 0 Å². The van der Waals surface area contributed by atoms with Gasteiger partial charge in [0.2, 0.25) is 0 Å². The average molecular weight is 305 g/mol. The van der Waals surface area contributed by atoms with E-state index in [9.17, 15) is 9.90 Å². The minimum atomic E-state index is -0.290. The molecular formula is C16H17ClN2O2. The third-order valence-corrected chi connectivity index (χ3v) is 3.80. The summed E-state index contributed by atoms with van der Waals surface area (Å²) in [5, 5.41) is 10.6. The molecule has 0 saturated carbocycles. The Morgan fingerprint density at radius 2 is 1.86 bits per heavy atom. The number of anilines is 1. The van der Waals surface area contributed by atoms with Gasteiger partial charge in [-0.2, -0.15) is 0 Å². The lowest BCUT2D eigenvalue weighted by atomic mass is 10.1. The quantitative estimate of drug-likeness (QED) is 0.674. The van der Waals surface area contributed by atoms with Gasteiger partial charge in [-0.1, -0.05) is 29.8 Å². The van der Waals surface area contributed by atoms with Gasteiger partial charge in [-0.3, -0.25) is 4.79 Å². The highest BCUT2D eigenvalue weighted by Gasteiger charge is 2.22. The molecule has 0 heterocycles. The second-order valence-corrected chi connectivity index (χ2v) is 5.32. The maximum absolute atomic E-state index is 12.5. The lowest BCUT2D eigenvalue weighted by molar-refractivity contribution is 0.0739. The Bertz CT molecular complexity index is 656. The van der Waals surface area contributed by atoms with Crippen molar-refractivity contribution in [2.75, 3.05) is 12.8 Å². The summed E-state index contributed by atoms with van der Waals surface area (Å²) >= 11 is 5.87. The Morgan fingerprint density at radius 3 is 2.48 bits per heavy atom. The number of para-hydroxylation sites is 1. The van der Waals surface area contributed by atoms with Gasteiger partial charge < -0.3 is 15.7 Å². The summed E-state index contributed by atoms with van der Waals surface area (Å²) < 4.78 is 0. The van der Waals surface area contributed by atoms with Crippen LogP contribution in [0.15, 0.2) is 42.5 Å². The van der Waals surface area contributed by atoms with Gasteiger partial charge in [0.25, 0.3) is 5.91 Å². The SMILES string of the molecule is CC(c1ccc(Cl)cc1)N(C)C(=O)c1cccc(N)c1O. The van der Waals surface area contributed by atoms with Crippen LogP contribution in [0.25, 0.3) is 0 Å². The molecule has 4 nitrogen and oxygen atoms in total. The number of nitrogen functional groups attached to an aromatic ring is 1. The molecule has 0 aliphatic heterocycles. The normalized spacial score (nSPS) is 12.0. The van der Waals surface area contributed by atoms with E-state index >= 15 is 0 Å². The minimum Gasteiger partial charge on any atom is -0.505 e. The molecule has 2 rings (SSSR count). The van der Waals surface area contributed by atoms with Gasteiger partial charge in [0.05, 0.1) is 17.3 Å². The summed E-state index contributed by atoms with van der Waals surface area (Å²) in [4.78, 5) is 14.0. The van der Waals surface area contributed by atoms with Crippen molar-refractivity contribution in [3.63, 3.8) is 0 Å². The second kappa shape index (κ2) is 6.06. The van der Waals surface area contributed by atoms with Crippen LogP contribution in [0.1, 0.15) is 28.9 Å². The number of nitrogens with zero attached hydrogens (tertiary/aromatic N) is 1. The molecule has 1 amide bonds. The van der Waals surface area contributed by atoms with E-state index in [0.29, 0.717) is 5.02 Å². The Hall–Kier alpha value is -2.20. The Morgan fingerprint density at radius 1 is 1.24 bits per heavy atom. The summed E-state index contributed by atoms with van der Waals surface area (Å²) in [7, 11) is 1.68. The minimum absolute atomic E-state index is 0.157. The van der Waals surface area contributed by atoms with Crippen molar-refractivity contribution < 1.29 is 9.90 Å². The zero-order chi connectivity index (χ0) is 15.6. The maximum atomic E-state index is 12.5. The Labute approximate surface area is 128 Å². The van der Waals surface area contributed by atoms with Gasteiger partial charge >= 0.3 is 0 Å². The van der Waals surface area contributed by atoms with E-state index in [-0.39, 0.29) is 28.9 Å². The van der Waals surface area contributed by atoms with E-state index in [1.807, 2.05) is 19.1 Å². The van der Waals surface area contributed by atoms with Crippen LogP contribution in [-0.2, 0) is 0 Å². The first-order chi connectivity index (χ1) is 9.91. The van der Waals surface area contributed by atoms with E-state index in [0.717, 1.165) is 5.56 Å². The Balaban J connectivity index is 2.26. The van der Waals surface area contributed by atoms with Crippen LogP contribution in [0.2, 0.25) is 5.02 Å². The van der Waals surface area contributed by atoms with Crippen molar-refractivity contribution in [2.45, 2.75) is 13.0 Å². The second-order valence-electron chi connectivity index (χ2n) is 4.89. The third-order valence-electron chi connectivity index (χ3n) is 3.55. The number of benzene rings is 2. The van der Waals surface area contributed by atoms with Crippen LogP contribution in [-0.4, -0.2) is 23.0 Å². The molecule has 110 valence electrons. The van der Waals surface area contributed by atoms with Gasteiger partial charge in [0.15, 0.2) is 5.75 Å². The lowest BCUT2D eigenvalue weighted by Gasteiger charge is -2.26. The van der Waals surface area contributed by atoms with Crippen molar-refractivity contribution >= 4 is 23.2 Å². The van der Waals surface area contributed by atoms with Crippen molar-refractivity contribution in [3.05, 3.63) is 58.6 Å². The van der Waals surface area contributed by atoms with E-state index in [1.54, 1.807) is 42.3 Å². The molecule has 21 heavy (non-hydrogen) atoms. The number of aromatic hydroxyl groups is 1. The fraction of sp³-hybridized carbons (Fsp3) is 0.188. The molecule has 3 N–H and O–H groups in total. The van der Waals surface area contributed by atoms with Crippen LogP contribution in [0.3, 0.4) is 0 Å². The first-order valence-corrected chi connectivity index (χ1v) is 6.89. The molecule has 0 spiro atoms. The fourth-order valence-electron chi connectivity index (χ4n) is 2.06. The van der Waals surface area contributed by atoms with E-state index in [2.05, 4.69) is 0 Å². The molecule has 0 bridgehead atoms. The summed E-state index contributed by atoms with van der Waals surface area (Å²) in [6.07, 6.45) is 0. The van der Waals surface area contributed by atoms with E-state index in [1.165, 1.54) is 0 Å². The number of hydrogen-bond acceptors (Lipinski definition) is 3. The van der Waals surface area contributed by atoms with Crippen molar-refractivity contribution in [1.82, 2.24) is 4.90 Å². The zero-order valence-corrected chi connectivity index (χ0v) is 12.6. The number of phenols is 1. The average Bonchev–Trinajstić information content (AvgIpc) is 2.48. The topological polar surface area (TPSA) is 66.6 Å². The van der Waals surface area contributed by atoms with Gasteiger partial charge in [-0.05, 0) is 36.8 Å². The summed E-state index contributed by atoms with van der Waals surface area (Å²) in [5.74, 6) is -0.472. The highest BCUT2D eigenvalue weighted by Crippen LogP contribution is 2.28. The number of rotatable bonds is 3. The molecule has 2 aromatic carbocycles. The zero-order valence-electron chi connectivity index (χ0n) is 11.9. The largest absolute Gasteiger partial charge is 0.505 e. The standard InChI is InChI=1S/C16H17ClN2O2/c1-10(11-6-8-12(17)9-7-11)19(2)16(21)13-4-3-5-14(18)15(13)20/h3-10,20H,18H2,1-2H3. The number of nitrogens with two attached hydrogens (primary N) is 1. The highest BCUT2D eigenvalue weighted by molar-refractivity contribution is 6.30. The van der Waals surface area contributed by atoms with Crippen LogP contribution >= 0.6 is 11.6 Å². The van der Waals surface area contributed by atoms with E-state index in [4.69, 9.17) is 17.3 Å². The predicted molar refractivity (Wildman–Crippen MR) is 84.5 cm³/mol. The van der Waals surface area contributed by atoms with Crippen molar-refractivity contribution in [2.24, 2.45) is 0 Å². The molecule has 5 heteroatoms. The maximum Gasteiger partial charge on any atom is 0.257 e. The molecule has 0 aliphatic carbocycles. The molecule has 0 aromatic heterocycles. The Kier molecular flexibility index (Phi) is 4.38. The monoisotopic (exact) mass is 304 g/mol. The summed E-state index contributed by atoms with van der Waals surface area (Å²) in [5.41, 5.74) is 6.97. The third kappa shape index (κ3) is 3.11. The van der Waals surface area contributed by atoms with Crippen LogP contribution in [0.4, 0.5) is 5.69 Å². The van der Waals surface area contributed by atoms with Gasteiger partial charge in [0.1, 0.15) is 0 Å². The molecule has 0 fully saturated rings. The molecule has 0 radical (unpaired) electrons. The summed E-state index contributed by atoms with van der Waals surface area (Å²) in [6.45, 7) is 1.91. The molecule has 0 aliphatic rings. The highest BCUT2D eigenvalue weighted by atomic mass is 35.5. The molecule has 0 saturated heterocycles. The molecule has 1 unspecified atom stereocenters. The van der Waals surface area contributed by atoms with Crippen LogP contribution < -0.4 is 5.73 Å². The molecule has 2 aromatic rings. The van der Waals surface area contributed by atoms with Gasteiger partial charge in [0, 0.05) is 12.1 Å².